The van der Waals surface area contributed by atoms with Crippen molar-refractivity contribution in [3.05, 3.63) is 12.2 Å². The molecular formula is C14H22BNO4. The predicted molar refractivity (Wildman–Crippen MR) is 75.5 cm³/mol. The van der Waals surface area contributed by atoms with E-state index >= 15 is 0 Å². The molecule has 3 aliphatic heterocycles. The zero-order valence-electron chi connectivity index (χ0n) is 12.5. The molecule has 2 fully saturated rings. The number of rotatable bonds is 1. The normalized spacial score (nSPS) is 37.5. The summed E-state index contributed by atoms with van der Waals surface area (Å²) in [7, 11) is -0.501. The van der Waals surface area contributed by atoms with Crippen molar-refractivity contribution in [1.29, 1.82) is 0 Å². The lowest BCUT2D eigenvalue weighted by Crippen LogP contribution is -2.61. The van der Waals surface area contributed by atoms with Crippen LogP contribution in [0, 0.1) is 0 Å². The lowest BCUT2D eigenvalue weighted by molar-refractivity contribution is 0.00578. The lowest BCUT2D eigenvalue weighted by atomic mass is 9.60. The summed E-state index contributed by atoms with van der Waals surface area (Å²) >= 11 is 0. The number of carbonyl (C=O) groups is 1. The Kier molecular flexibility index (Phi) is 2.80. The Morgan fingerprint density at radius 3 is 2.45 bits per heavy atom. The van der Waals surface area contributed by atoms with Crippen molar-refractivity contribution in [3.63, 3.8) is 0 Å². The van der Waals surface area contributed by atoms with Crippen molar-refractivity contribution < 1.29 is 19.2 Å². The molecule has 5 nitrogen and oxygen atoms in total. The second-order valence-corrected chi connectivity index (χ2v) is 7.08. The third kappa shape index (κ3) is 1.67. The number of amides is 1. The number of fused-ring (bicyclic) bond motifs is 2. The zero-order chi connectivity index (χ0) is 14.8. The number of carboxylic acid groups (broad SMARTS) is 1. The van der Waals surface area contributed by atoms with Gasteiger partial charge in [-0.1, -0.05) is 12.2 Å². The average molecular weight is 279 g/mol. The molecule has 2 saturated heterocycles. The van der Waals surface area contributed by atoms with E-state index in [0.717, 1.165) is 12.8 Å². The van der Waals surface area contributed by atoms with Crippen molar-refractivity contribution in [2.75, 3.05) is 0 Å². The van der Waals surface area contributed by atoms with Gasteiger partial charge in [-0.3, -0.25) is 4.90 Å². The Morgan fingerprint density at radius 1 is 1.30 bits per heavy atom. The quantitative estimate of drug-likeness (QED) is 0.591. The van der Waals surface area contributed by atoms with Crippen LogP contribution in [-0.2, 0) is 9.31 Å². The molecule has 0 aromatic heterocycles. The van der Waals surface area contributed by atoms with E-state index in [4.69, 9.17) is 9.31 Å². The van der Waals surface area contributed by atoms with Crippen LogP contribution in [0.4, 0.5) is 4.79 Å². The first-order valence-corrected chi connectivity index (χ1v) is 7.24. The Labute approximate surface area is 120 Å². The molecule has 0 aromatic carbocycles. The number of hydrogen-bond acceptors (Lipinski definition) is 3. The highest BCUT2D eigenvalue weighted by atomic mass is 16.7. The van der Waals surface area contributed by atoms with Crippen LogP contribution in [-0.4, -0.2) is 45.9 Å². The largest absolute Gasteiger partial charge is 0.486 e. The van der Waals surface area contributed by atoms with Gasteiger partial charge >= 0.3 is 13.2 Å². The van der Waals surface area contributed by atoms with Crippen LogP contribution < -0.4 is 0 Å². The Bertz CT molecular complexity index is 460. The molecule has 1 amide bonds. The second-order valence-electron chi connectivity index (χ2n) is 7.08. The van der Waals surface area contributed by atoms with Crippen LogP contribution in [0.3, 0.4) is 0 Å². The zero-order valence-corrected chi connectivity index (χ0v) is 12.5. The summed E-state index contributed by atoms with van der Waals surface area (Å²) < 4.78 is 12.3. The van der Waals surface area contributed by atoms with E-state index in [-0.39, 0.29) is 6.04 Å². The highest BCUT2D eigenvalue weighted by molar-refractivity contribution is 6.50. The maximum Gasteiger partial charge on any atom is 0.486 e. The summed E-state index contributed by atoms with van der Waals surface area (Å²) in [6.45, 7) is 8.00. The summed E-state index contributed by atoms with van der Waals surface area (Å²) in [5.41, 5.74) is -1.44. The predicted octanol–water partition coefficient (Wildman–Crippen LogP) is 2.46. The summed E-state index contributed by atoms with van der Waals surface area (Å²) in [5.74, 6) is 0. The third-order valence-corrected chi connectivity index (χ3v) is 5.41. The van der Waals surface area contributed by atoms with Crippen molar-refractivity contribution in [2.45, 2.75) is 69.6 Å². The summed E-state index contributed by atoms with van der Waals surface area (Å²) in [6, 6.07) is -0.0414. The van der Waals surface area contributed by atoms with Gasteiger partial charge in [0.2, 0.25) is 0 Å². The van der Waals surface area contributed by atoms with Crippen LogP contribution in [0.1, 0.15) is 47.0 Å². The third-order valence-electron chi connectivity index (χ3n) is 5.41. The number of nitrogens with zero attached hydrogens (tertiary/aromatic N) is 1. The fraction of sp³-hybridized carbons (Fsp3) is 0.786. The highest BCUT2D eigenvalue weighted by Gasteiger charge is 2.65. The van der Waals surface area contributed by atoms with Gasteiger partial charge in [-0.2, -0.15) is 0 Å². The van der Waals surface area contributed by atoms with Crippen LogP contribution in [0.5, 0.6) is 0 Å². The van der Waals surface area contributed by atoms with Crippen LogP contribution >= 0.6 is 0 Å². The van der Waals surface area contributed by atoms with Crippen molar-refractivity contribution in [1.82, 2.24) is 4.90 Å². The molecule has 2 atom stereocenters. The van der Waals surface area contributed by atoms with Gasteiger partial charge in [0.25, 0.3) is 0 Å². The highest BCUT2D eigenvalue weighted by Crippen LogP contribution is 2.49. The monoisotopic (exact) mass is 279 g/mol. The first-order chi connectivity index (χ1) is 9.20. The van der Waals surface area contributed by atoms with Gasteiger partial charge in [-0.25, -0.2) is 4.79 Å². The second kappa shape index (κ2) is 4.01. The van der Waals surface area contributed by atoms with Crippen molar-refractivity contribution >= 4 is 13.2 Å². The standard InChI is InChI=1S/C14H22BNO4/c1-12(2)13(3,4)20-15(19-12)14-8-5-6-10(7-9-14)16(14)11(17)18/h5-6,10H,7-9H2,1-4H3,(H,17,18). The molecule has 3 heterocycles. The van der Waals surface area contributed by atoms with Crippen molar-refractivity contribution in [3.8, 4) is 0 Å². The van der Waals surface area contributed by atoms with Gasteiger partial charge in [0.15, 0.2) is 0 Å². The number of hydrogen-bond donors (Lipinski definition) is 1. The van der Waals surface area contributed by atoms with Gasteiger partial charge in [-0.15, -0.1) is 0 Å². The maximum absolute atomic E-state index is 11.7. The molecule has 0 radical (unpaired) electrons. The van der Waals surface area contributed by atoms with E-state index in [0.29, 0.717) is 6.42 Å². The van der Waals surface area contributed by atoms with Crippen LogP contribution in [0.25, 0.3) is 0 Å². The fourth-order valence-corrected chi connectivity index (χ4v) is 3.51. The smallest absolute Gasteiger partial charge is 0.465 e. The minimum absolute atomic E-state index is 0.0414. The van der Waals surface area contributed by atoms with E-state index in [9.17, 15) is 9.90 Å². The van der Waals surface area contributed by atoms with Gasteiger partial charge in [0.1, 0.15) is 0 Å². The summed E-state index contributed by atoms with van der Waals surface area (Å²) in [6.07, 6.45) is 5.46. The minimum atomic E-state index is -0.883. The molecule has 3 rings (SSSR count). The molecule has 20 heavy (non-hydrogen) atoms. The molecule has 2 unspecified atom stereocenters. The van der Waals surface area contributed by atoms with Gasteiger partial charge in [-0.05, 0) is 47.0 Å². The van der Waals surface area contributed by atoms with Crippen LogP contribution in [0.2, 0.25) is 0 Å². The molecule has 6 heteroatoms. The molecule has 2 bridgehead atoms. The first-order valence-electron chi connectivity index (χ1n) is 7.24. The minimum Gasteiger partial charge on any atom is -0.465 e. The van der Waals surface area contributed by atoms with E-state index in [2.05, 4.69) is 6.08 Å². The lowest BCUT2D eigenvalue weighted by Gasteiger charge is -2.41. The molecule has 0 saturated carbocycles. The molecule has 0 aromatic rings. The van der Waals surface area contributed by atoms with E-state index in [1.165, 1.54) is 0 Å². The van der Waals surface area contributed by atoms with Gasteiger partial charge < -0.3 is 14.4 Å². The SMILES string of the molecule is CC1(C)OB(C23CC=CC(CC2)N3C(=O)O)OC1(C)C. The van der Waals surface area contributed by atoms with E-state index < -0.39 is 29.9 Å². The topological polar surface area (TPSA) is 59.0 Å². The Balaban J connectivity index is 1.97. The Hall–Kier alpha value is -1.01. The molecule has 1 N–H and O–H groups in total. The maximum atomic E-state index is 11.7. The average Bonchev–Trinajstić information content (AvgIpc) is 2.69. The molecule has 3 aliphatic rings. The van der Waals surface area contributed by atoms with Crippen LogP contribution in [0.15, 0.2) is 12.2 Å². The summed E-state index contributed by atoms with van der Waals surface area (Å²) in [5, 5.41) is 9.59. The molecule has 0 spiro atoms. The summed E-state index contributed by atoms with van der Waals surface area (Å²) in [4.78, 5) is 13.2. The molecule has 110 valence electrons. The first kappa shape index (κ1) is 14.0. The molecule has 0 aliphatic carbocycles. The van der Waals surface area contributed by atoms with Gasteiger partial charge in [0.05, 0.1) is 22.7 Å². The fourth-order valence-electron chi connectivity index (χ4n) is 3.51. The van der Waals surface area contributed by atoms with E-state index in [1.54, 1.807) is 4.90 Å². The van der Waals surface area contributed by atoms with Crippen molar-refractivity contribution in [2.24, 2.45) is 0 Å². The van der Waals surface area contributed by atoms with E-state index in [1.807, 2.05) is 33.8 Å². The Morgan fingerprint density at radius 2 is 1.90 bits per heavy atom. The molecular weight excluding hydrogens is 257 g/mol. The van der Waals surface area contributed by atoms with Gasteiger partial charge in [0, 0.05) is 0 Å².